The van der Waals surface area contributed by atoms with E-state index >= 15 is 0 Å². The van der Waals surface area contributed by atoms with Crippen LogP contribution in [-0.2, 0) is 0 Å². The Hall–Kier alpha value is 0.0500. The summed E-state index contributed by atoms with van der Waals surface area (Å²) in [6.07, 6.45) is 0. The summed E-state index contributed by atoms with van der Waals surface area (Å²) in [6.45, 7) is 4.61. The van der Waals surface area contributed by atoms with E-state index in [9.17, 15) is 0 Å². The quantitative estimate of drug-likeness (QED) is 0.723. The van der Waals surface area contributed by atoms with Crippen molar-refractivity contribution in [1.29, 1.82) is 0 Å². The van der Waals surface area contributed by atoms with Gasteiger partial charge in [-0.15, -0.1) is 11.8 Å². The van der Waals surface area contributed by atoms with Crippen molar-refractivity contribution >= 4 is 27.7 Å². The van der Waals surface area contributed by atoms with E-state index in [1.807, 2.05) is 11.8 Å². The van der Waals surface area contributed by atoms with Crippen LogP contribution in [0.2, 0.25) is 0 Å². The molecule has 0 amide bonds. The largest absolute Gasteiger partial charge is 0.125 e. The van der Waals surface area contributed by atoms with Crippen LogP contribution < -0.4 is 0 Å². The summed E-state index contributed by atoms with van der Waals surface area (Å²) >= 11 is 5.52. The van der Waals surface area contributed by atoms with E-state index in [1.165, 1.54) is 20.7 Å². The molecule has 1 aliphatic rings. The Bertz CT molecular complexity index is 320. The van der Waals surface area contributed by atoms with Crippen molar-refractivity contribution in [3.05, 3.63) is 28.2 Å². The van der Waals surface area contributed by atoms with Crippen LogP contribution in [0.1, 0.15) is 25.3 Å². The molecule has 2 rings (SSSR count). The third-order valence-electron chi connectivity index (χ3n) is 2.59. The minimum atomic E-state index is 0.748. The Morgan fingerprint density at radius 2 is 2.23 bits per heavy atom. The van der Waals surface area contributed by atoms with Gasteiger partial charge in [-0.3, -0.25) is 0 Å². The van der Waals surface area contributed by atoms with Gasteiger partial charge in [-0.05, 0) is 35.6 Å². The molecule has 0 nitrogen and oxygen atoms in total. The number of thioether (sulfide) groups is 1. The summed E-state index contributed by atoms with van der Waals surface area (Å²) in [6, 6.07) is 6.64. The van der Waals surface area contributed by atoms with E-state index in [1.54, 1.807) is 0 Å². The fourth-order valence-corrected chi connectivity index (χ4v) is 3.61. The maximum atomic E-state index is 3.53. The van der Waals surface area contributed by atoms with Crippen LogP contribution in [0.5, 0.6) is 0 Å². The normalized spacial score (nSPS) is 20.8. The monoisotopic (exact) mass is 256 g/mol. The van der Waals surface area contributed by atoms with Crippen molar-refractivity contribution in [2.24, 2.45) is 5.92 Å². The van der Waals surface area contributed by atoms with E-state index in [-0.39, 0.29) is 0 Å². The van der Waals surface area contributed by atoms with Gasteiger partial charge >= 0.3 is 0 Å². The molecular weight excluding hydrogens is 244 g/mol. The van der Waals surface area contributed by atoms with E-state index in [2.05, 4.69) is 48.0 Å². The standard InChI is InChI=1S/C11H13BrS/c1-7(2)10-6-13-11-4-3-8(12)5-9(10)11/h3-5,7,10H,6H2,1-2H3. The average molecular weight is 257 g/mol. The lowest BCUT2D eigenvalue weighted by Crippen LogP contribution is -2.04. The first-order chi connectivity index (χ1) is 6.18. The molecule has 13 heavy (non-hydrogen) atoms. The molecule has 0 aromatic heterocycles. The van der Waals surface area contributed by atoms with Gasteiger partial charge in [-0.25, -0.2) is 0 Å². The highest BCUT2D eigenvalue weighted by Crippen LogP contribution is 2.43. The van der Waals surface area contributed by atoms with Gasteiger partial charge in [-0.2, -0.15) is 0 Å². The molecule has 0 radical (unpaired) electrons. The van der Waals surface area contributed by atoms with E-state index < -0.39 is 0 Å². The topological polar surface area (TPSA) is 0 Å². The Morgan fingerprint density at radius 1 is 1.46 bits per heavy atom. The first-order valence-electron chi connectivity index (χ1n) is 4.60. The predicted octanol–water partition coefficient (Wildman–Crippen LogP) is 4.29. The number of rotatable bonds is 1. The van der Waals surface area contributed by atoms with Gasteiger partial charge in [0.25, 0.3) is 0 Å². The molecule has 1 aliphatic heterocycles. The van der Waals surface area contributed by atoms with E-state index in [0.29, 0.717) is 0 Å². The molecule has 0 bridgehead atoms. The molecular formula is C11H13BrS. The van der Waals surface area contributed by atoms with Gasteiger partial charge in [0.1, 0.15) is 0 Å². The fraction of sp³-hybridized carbons (Fsp3) is 0.455. The molecule has 1 unspecified atom stereocenters. The molecule has 70 valence electrons. The molecule has 1 aromatic rings. The van der Waals surface area contributed by atoms with Gasteiger partial charge in [-0.1, -0.05) is 29.8 Å². The Balaban J connectivity index is 2.40. The minimum absolute atomic E-state index is 0.748. The number of hydrogen-bond acceptors (Lipinski definition) is 1. The molecule has 0 saturated carbocycles. The van der Waals surface area contributed by atoms with Gasteiger partial charge in [0.2, 0.25) is 0 Å². The Morgan fingerprint density at radius 3 is 2.92 bits per heavy atom. The second-order valence-corrected chi connectivity index (χ2v) is 5.82. The van der Waals surface area contributed by atoms with Crippen LogP contribution in [-0.4, -0.2) is 5.75 Å². The lowest BCUT2D eigenvalue weighted by Gasteiger charge is -2.14. The highest BCUT2D eigenvalue weighted by molar-refractivity contribution is 9.10. The summed E-state index contributed by atoms with van der Waals surface area (Å²) in [5, 5.41) is 0. The summed E-state index contributed by atoms with van der Waals surface area (Å²) < 4.78 is 1.21. The molecule has 0 saturated heterocycles. The van der Waals surface area contributed by atoms with Gasteiger partial charge in [0.05, 0.1) is 0 Å². The van der Waals surface area contributed by atoms with Crippen LogP contribution in [0.3, 0.4) is 0 Å². The summed E-state index contributed by atoms with van der Waals surface area (Å²) in [7, 11) is 0. The number of fused-ring (bicyclic) bond motifs is 1. The van der Waals surface area contributed by atoms with Crippen LogP contribution in [0.15, 0.2) is 27.6 Å². The number of halogens is 1. The molecule has 0 N–H and O–H groups in total. The second-order valence-electron chi connectivity index (χ2n) is 3.84. The lowest BCUT2D eigenvalue weighted by atomic mass is 9.90. The fourth-order valence-electron chi connectivity index (χ4n) is 1.76. The number of hydrogen-bond donors (Lipinski definition) is 0. The SMILES string of the molecule is CC(C)C1CSc2ccc(Br)cc21. The van der Waals surface area contributed by atoms with Gasteiger partial charge in [0, 0.05) is 15.1 Å². The van der Waals surface area contributed by atoms with Crippen LogP contribution in [0.4, 0.5) is 0 Å². The molecule has 1 heterocycles. The third-order valence-corrected chi connectivity index (χ3v) is 4.30. The molecule has 0 aliphatic carbocycles. The van der Waals surface area contributed by atoms with E-state index in [0.717, 1.165) is 11.8 Å². The summed E-state index contributed by atoms with van der Waals surface area (Å²) in [5.41, 5.74) is 1.54. The third kappa shape index (κ3) is 1.79. The highest BCUT2D eigenvalue weighted by Gasteiger charge is 2.25. The van der Waals surface area contributed by atoms with Crippen molar-refractivity contribution in [2.45, 2.75) is 24.7 Å². The molecule has 0 spiro atoms. The van der Waals surface area contributed by atoms with E-state index in [4.69, 9.17) is 0 Å². The summed E-state index contributed by atoms with van der Waals surface area (Å²) in [5.74, 6) is 2.75. The van der Waals surface area contributed by atoms with Crippen LogP contribution >= 0.6 is 27.7 Å². The molecule has 1 aromatic carbocycles. The van der Waals surface area contributed by atoms with Crippen molar-refractivity contribution in [3.63, 3.8) is 0 Å². The van der Waals surface area contributed by atoms with Crippen molar-refractivity contribution in [1.82, 2.24) is 0 Å². The second kappa shape index (κ2) is 3.66. The average Bonchev–Trinajstić information content (AvgIpc) is 2.46. The maximum Gasteiger partial charge on any atom is 0.0178 e. The Labute approximate surface area is 92.2 Å². The van der Waals surface area contributed by atoms with Crippen LogP contribution in [0.25, 0.3) is 0 Å². The minimum Gasteiger partial charge on any atom is -0.125 e. The first kappa shape index (κ1) is 9.60. The first-order valence-corrected chi connectivity index (χ1v) is 6.38. The zero-order valence-corrected chi connectivity index (χ0v) is 10.3. The maximum absolute atomic E-state index is 3.53. The van der Waals surface area contributed by atoms with Gasteiger partial charge < -0.3 is 0 Å². The van der Waals surface area contributed by atoms with Crippen LogP contribution in [0, 0.1) is 5.92 Å². The Kier molecular flexibility index (Phi) is 2.70. The number of benzene rings is 1. The molecule has 2 heteroatoms. The summed E-state index contributed by atoms with van der Waals surface area (Å²) in [4.78, 5) is 1.47. The lowest BCUT2D eigenvalue weighted by molar-refractivity contribution is 0.543. The zero-order valence-electron chi connectivity index (χ0n) is 7.88. The highest BCUT2D eigenvalue weighted by atomic mass is 79.9. The van der Waals surface area contributed by atoms with Crippen molar-refractivity contribution in [2.75, 3.05) is 5.75 Å². The smallest absolute Gasteiger partial charge is 0.0178 e. The zero-order chi connectivity index (χ0) is 9.42. The molecule has 1 atom stereocenters. The van der Waals surface area contributed by atoms with Crippen molar-refractivity contribution in [3.8, 4) is 0 Å². The van der Waals surface area contributed by atoms with Crippen molar-refractivity contribution < 1.29 is 0 Å². The predicted molar refractivity (Wildman–Crippen MR) is 62.4 cm³/mol. The van der Waals surface area contributed by atoms with Gasteiger partial charge in [0.15, 0.2) is 0 Å². The molecule has 0 fully saturated rings.